The zero-order valence-corrected chi connectivity index (χ0v) is 13.4. The van der Waals surface area contributed by atoms with Crippen molar-refractivity contribution in [2.24, 2.45) is 0 Å². The first-order chi connectivity index (χ1) is 13.0. The second-order valence-electron chi connectivity index (χ2n) is 5.41. The predicted molar refractivity (Wildman–Crippen MR) is 85.5 cm³/mol. The highest BCUT2D eigenvalue weighted by atomic mass is 35.5. The first-order valence-electron chi connectivity index (χ1n) is 8.74. The summed E-state index contributed by atoms with van der Waals surface area (Å²) in [6.45, 7) is -2.89. The molecule has 1 aliphatic heterocycles. The van der Waals surface area contributed by atoms with Gasteiger partial charge in [0.25, 0.3) is 0 Å². The van der Waals surface area contributed by atoms with Gasteiger partial charge in [-0.1, -0.05) is 23.7 Å². The zero-order chi connectivity index (χ0) is 20.7. The summed E-state index contributed by atoms with van der Waals surface area (Å²) < 4.78 is 67.8. The van der Waals surface area contributed by atoms with Crippen LogP contribution in [0, 0.1) is 0 Å². The number of hydrogen-bond donors (Lipinski definition) is 1. The van der Waals surface area contributed by atoms with Gasteiger partial charge in [-0.2, -0.15) is 13.2 Å². The summed E-state index contributed by atoms with van der Waals surface area (Å²) in [5.41, 5.74) is -1.07. The summed E-state index contributed by atoms with van der Waals surface area (Å²) in [6, 6.07) is 5.46. The summed E-state index contributed by atoms with van der Waals surface area (Å²) in [7, 11) is 0. The minimum absolute atomic E-state index is 0.0299. The van der Waals surface area contributed by atoms with Crippen LogP contribution < -0.4 is 10.1 Å². The molecule has 0 aliphatic carbocycles. The van der Waals surface area contributed by atoms with Crippen molar-refractivity contribution in [1.82, 2.24) is 10.3 Å². The molecule has 8 heteroatoms. The van der Waals surface area contributed by atoms with E-state index in [2.05, 4.69) is 10.3 Å². The molecule has 3 rings (SSSR count). The standard InChI is InChI=1S/C17H14ClF3N2O2/c1-9(10-4-2-6-12(14(10)18)17(19,20)21)15(24)23-13-8-25-16-11(13)5-3-7-22-16/h2-7,9,13H,8H2,1H3,(H,23,24)/t9?,13-/m1/s1/i1D3. The van der Waals surface area contributed by atoms with Gasteiger partial charge >= 0.3 is 6.18 Å². The van der Waals surface area contributed by atoms with Gasteiger partial charge in [0, 0.05) is 15.9 Å². The average molecular weight is 374 g/mol. The molecule has 0 bridgehead atoms. The number of carbonyl (C=O) groups excluding carboxylic acids is 1. The van der Waals surface area contributed by atoms with Gasteiger partial charge in [-0.25, -0.2) is 4.98 Å². The molecule has 2 aromatic rings. The first-order valence-corrected chi connectivity index (χ1v) is 7.61. The summed E-state index contributed by atoms with van der Waals surface area (Å²) in [4.78, 5) is 16.8. The van der Waals surface area contributed by atoms with Crippen LogP contribution in [0.15, 0.2) is 36.5 Å². The quantitative estimate of drug-likeness (QED) is 0.881. The maximum atomic E-state index is 13.1. The largest absolute Gasteiger partial charge is 0.475 e. The fourth-order valence-corrected chi connectivity index (χ4v) is 2.89. The van der Waals surface area contributed by atoms with Crippen molar-refractivity contribution < 1.29 is 26.8 Å². The van der Waals surface area contributed by atoms with E-state index < -0.39 is 47.0 Å². The third kappa shape index (κ3) is 3.42. The second kappa shape index (κ2) is 6.55. The molecule has 2 atom stereocenters. The highest BCUT2D eigenvalue weighted by molar-refractivity contribution is 6.32. The lowest BCUT2D eigenvalue weighted by Gasteiger charge is -2.19. The van der Waals surface area contributed by atoms with Crippen molar-refractivity contribution >= 4 is 17.5 Å². The lowest BCUT2D eigenvalue weighted by atomic mass is 9.97. The van der Waals surface area contributed by atoms with Crippen LogP contribution in [-0.2, 0) is 11.0 Å². The minimum atomic E-state index is -4.78. The van der Waals surface area contributed by atoms with Gasteiger partial charge in [-0.05, 0) is 30.6 Å². The molecule has 0 spiro atoms. The lowest BCUT2D eigenvalue weighted by molar-refractivity contribution is -0.137. The number of amides is 1. The highest BCUT2D eigenvalue weighted by Gasteiger charge is 2.35. The fraction of sp³-hybridized carbons (Fsp3) is 0.294. The molecular formula is C17H14ClF3N2O2. The Hall–Kier alpha value is -2.28. The number of benzene rings is 1. The summed E-state index contributed by atoms with van der Waals surface area (Å²) in [5.74, 6) is -2.56. The van der Waals surface area contributed by atoms with Crippen molar-refractivity contribution in [2.45, 2.75) is 25.0 Å². The van der Waals surface area contributed by atoms with E-state index in [0.717, 1.165) is 18.2 Å². The Morgan fingerprint density at radius 2 is 2.24 bits per heavy atom. The number of nitrogens with one attached hydrogen (secondary N) is 1. The molecule has 1 aliphatic rings. The normalized spacial score (nSPS) is 19.8. The third-order valence-corrected chi connectivity index (χ3v) is 4.21. The number of halogens is 4. The van der Waals surface area contributed by atoms with E-state index in [9.17, 15) is 18.0 Å². The van der Waals surface area contributed by atoms with Crippen LogP contribution in [0.3, 0.4) is 0 Å². The van der Waals surface area contributed by atoms with Gasteiger partial charge in [0.15, 0.2) is 0 Å². The Morgan fingerprint density at radius 3 is 2.96 bits per heavy atom. The Balaban J connectivity index is 1.96. The summed E-state index contributed by atoms with van der Waals surface area (Å²) in [6.07, 6.45) is -3.29. The third-order valence-electron chi connectivity index (χ3n) is 3.79. The van der Waals surface area contributed by atoms with Gasteiger partial charge in [-0.15, -0.1) is 0 Å². The van der Waals surface area contributed by atoms with Crippen LogP contribution in [0.2, 0.25) is 5.02 Å². The van der Waals surface area contributed by atoms with E-state index in [1.54, 1.807) is 12.1 Å². The molecule has 25 heavy (non-hydrogen) atoms. The van der Waals surface area contributed by atoms with E-state index >= 15 is 0 Å². The van der Waals surface area contributed by atoms with Crippen LogP contribution in [0.4, 0.5) is 13.2 Å². The van der Waals surface area contributed by atoms with Crippen molar-refractivity contribution in [2.75, 3.05) is 6.61 Å². The van der Waals surface area contributed by atoms with E-state index in [1.165, 1.54) is 6.20 Å². The number of alkyl halides is 3. The monoisotopic (exact) mass is 373 g/mol. The number of hydrogen-bond acceptors (Lipinski definition) is 3. The molecule has 132 valence electrons. The molecule has 1 aromatic carbocycles. The Labute approximate surface area is 151 Å². The number of aromatic nitrogens is 1. The Morgan fingerprint density at radius 1 is 1.44 bits per heavy atom. The highest BCUT2D eigenvalue weighted by Crippen LogP contribution is 2.38. The molecule has 0 saturated carbocycles. The topological polar surface area (TPSA) is 51.2 Å². The lowest BCUT2D eigenvalue weighted by Crippen LogP contribution is -2.33. The van der Waals surface area contributed by atoms with Gasteiger partial charge in [0.2, 0.25) is 11.8 Å². The molecule has 0 fully saturated rings. The number of ether oxygens (including phenoxy) is 1. The molecule has 0 radical (unpaired) electrons. The van der Waals surface area contributed by atoms with Gasteiger partial charge in [-0.3, -0.25) is 4.79 Å². The molecule has 4 nitrogen and oxygen atoms in total. The number of nitrogens with zero attached hydrogens (tertiary/aromatic N) is 1. The average Bonchev–Trinajstić information content (AvgIpc) is 2.97. The van der Waals surface area contributed by atoms with E-state index in [4.69, 9.17) is 20.5 Å². The van der Waals surface area contributed by atoms with Gasteiger partial charge < -0.3 is 10.1 Å². The molecule has 2 heterocycles. The van der Waals surface area contributed by atoms with Gasteiger partial charge in [0.05, 0.1) is 22.5 Å². The SMILES string of the molecule is [2H]C([2H])([2H])C(C(=O)N[C@@H]1COc2ncccc21)c1cccc(C(F)(F)F)c1Cl. The Bertz CT molecular complexity index is 906. The number of carbonyl (C=O) groups is 1. The van der Waals surface area contributed by atoms with Crippen molar-refractivity contribution in [3.8, 4) is 5.88 Å². The second-order valence-corrected chi connectivity index (χ2v) is 5.79. The molecule has 1 unspecified atom stereocenters. The van der Waals surface area contributed by atoms with Crippen LogP contribution in [0.5, 0.6) is 5.88 Å². The maximum absolute atomic E-state index is 13.1. The first kappa shape index (κ1) is 13.9. The van der Waals surface area contributed by atoms with E-state index in [1.807, 2.05) is 0 Å². The molecular weight excluding hydrogens is 357 g/mol. The maximum Gasteiger partial charge on any atom is 0.417 e. The number of fused-ring (bicyclic) bond motifs is 1. The van der Waals surface area contributed by atoms with E-state index in [-0.39, 0.29) is 6.61 Å². The Kier molecular flexibility index (Phi) is 3.66. The zero-order valence-electron chi connectivity index (χ0n) is 15.6. The minimum Gasteiger partial charge on any atom is -0.475 e. The van der Waals surface area contributed by atoms with Crippen molar-refractivity contribution in [3.05, 3.63) is 58.2 Å². The summed E-state index contributed by atoms with van der Waals surface area (Å²) in [5, 5.41) is 1.71. The number of pyridine rings is 1. The van der Waals surface area contributed by atoms with Crippen molar-refractivity contribution in [3.63, 3.8) is 0 Å². The molecule has 1 N–H and O–H groups in total. The van der Waals surface area contributed by atoms with Crippen LogP contribution in [-0.4, -0.2) is 17.5 Å². The number of rotatable bonds is 3. The predicted octanol–water partition coefficient (Wildman–Crippen LogP) is 4.11. The molecule has 0 saturated heterocycles. The van der Waals surface area contributed by atoms with Crippen LogP contribution in [0.1, 0.15) is 39.6 Å². The molecule has 1 aromatic heterocycles. The molecule has 1 amide bonds. The fourth-order valence-electron chi connectivity index (χ4n) is 2.55. The smallest absolute Gasteiger partial charge is 0.417 e. The van der Waals surface area contributed by atoms with Gasteiger partial charge in [0.1, 0.15) is 6.61 Å². The van der Waals surface area contributed by atoms with Crippen LogP contribution in [0.25, 0.3) is 0 Å². The van der Waals surface area contributed by atoms with Crippen LogP contribution >= 0.6 is 11.6 Å². The summed E-state index contributed by atoms with van der Waals surface area (Å²) >= 11 is 5.85. The van der Waals surface area contributed by atoms with Crippen molar-refractivity contribution in [1.29, 1.82) is 0 Å². The van der Waals surface area contributed by atoms with E-state index in [0.29, 0.717) is 11.4 Å².